The van der Waals surface area contributed by atoms with Gasteiger partial charge in [-0.3, -0.25) is 19.3 Å². The molecule has 1 aliphatic rings. The van der Waals surface area contributed by atoms with Crippen LogP contribution in [0.3, 0.4) is 0 Å². The fraction of sp³-hybridized carbons (Fsp3) is 0.316. The van der Waals surface area contributed by atoms with Gasteiger partial charge >= 0.3 is 0 Å². The van der Waals surface area contributed by atoms with Crippen LogP contribution in [0.2, 0.25) is 0 Å². The molecule has 27 heavy (non-hydrogen) atoms. The third-order valence-corrected chi connectivity index (χ3v) is 4.36. The maximum atomic E-state index is 12.6. The third-order valence-electron chi connectivity index (χ3n) is 4.36. The Hall–Kier alpha value is -3.13. The van der Waals surface area contributed by atoms with Gasteiger partial charge in [-0.2, -0.15) is 0 Å². The van der Waals surface area contributed by atoms with E-state index in [0.29, 0.717) is 30.1 Å². The number of furan rings is 1. The molecule has 1 fully saturated rings. The van der Waals surface area contributed by atoms with Gasteiger partial charge in [0.05, 0.1) is 37.1 Å². The van der Waals surface area contributed by atoms with E-state index in [2.05, 4.69) is 10.6 Å². The first-order valence-electron chi connectivity index (χ1n) is 8.70. The summed E-state index contributed by atoms with van der Waals surface area (Å²) >= 11 is 0. The number of rotatable bonds is 6. The van der Waals surface area contributed by atoms with Crippen molar-refractivity contribution in [3.63, 3.8) is 0 Å². The molecule has 2 heterocycles. The van der Waals surface area contributed by atoms with Gasteiger partial charge in [0.2, 0.25) is 11.8 Å². The SMILES string of the molecule is CN(C(=O)CN1CCNC(=O)C1)c1ccccc1C(=O)NCc1ccco1. The molecular formula is C19H22N4O4. The zero-order valence-electron chi connectivity index (χ0n) is 15.1. The smallest absolute Gasteiger partial charge is 0.253 e. The van der Waals surface area contributed by atoms with Gasteiger partial charge < -0.3 is 20.0 Å². The molecule has 0 atom stereocenters. The number of anilines is 1. The fourth-order valence-corrected chi connectivity index (χ4v) is 2.89. The number of carbonyl (C=O) groups is 3. The highest BCUT2D eigenvalue weighted by molar-refractivity contribution is 6.05. The summed E-state index contributed by atoms with van der Waals surface area (Å²) in [6, 6.07) is 10.4. The molecule has 0 bridgehead atoms. The lowest BCUT2D eigenvalue weighted by atomic mass is 10.1. The van der Waals surface area contributed by atoms with E-state index < -0.39 is 0 Å². The number of para-hydroxylation sites is 1. The first-order valence-corrected chi connectivity index (χ1v) is 8.70. The second kappa shape index (κ2) is 8.50. The van der Waals surface area contributed by atoms with Crippen LogP contribution in [0.25, 0.3) is 0 Å². The van der Waals surface area contributed by atoms with Crippen molar-refractivity contribution in [3.8, 4) is 0 Å². The van der Waals surface area contributed by atoms with Crippen LogP contribution in [0.4, 0.5) is 5.69 Å². The highest BCUT2D eigenvalue weighted by atomic mass is 16.3. The van der Waals surface area contributed by atoms with E-state index in [0.717, 1.165) is 0 Å². The van der Waals surface area contributed by atoms with Crippen molar-refractivity contribution in [2.24, 2.45) is 0 Å². The summed E-state index contributed by atoms with van der Waals surface area (Å²) in [5, 5.41) is 5.52. The summed E-state index contributed by atoms with van der Waals surface area (Å²) in [5.41, 5.74) is 0.914. The van der Waals surface area contributed by atoms with Gasteiger partial charge in [-0.1, -0.05) is 12.1 Å². The molecule has 3 rings (SSSR count). The summed E-state index contributed by atoms with van der Waals surface area (Å²) < 4.78 is 5.21. The van der Waals surface area contributed by atoms with E-state index in [1.807, 2.05) is 0 Å². The predicted octanol–water partition coefficient (Wildman–Crippen LogP) is 0.604. The van der Waals surface area contributed by atoms with E-state index in [4.69, 9.17) is 4.42 Å². The number of carbonyl (C=O) groups excluding carboxylic acids is 3. The zero-order chi connectivity index (χ0) is 19.2. The highest BCUT2D eigenvalue weighted by Crippen LogP contribution is 2.20. The molecule has 0 aliphatic carbocycles. The lowest BCUT2D eigenvalue weighted by Crippen LogP contribution is -2.51. The maximum absolute atomic E-state index is 12.6. The fourth-order valence-electron chi connectivity index (χ4n) is 2.89. The van der Waals surface area contributed by atoms with Crippen LogP contribution in [-0.4, -0.2) is 55.8 Å². The van der Waals surface area contributed by atoms with E-state index in [-0.39, 0.29) is 37.4 Å². The summed E-state index contributed by atoms with van der Waals surface area (Å²) in [5.74, 6) is 0.0815. The average molecular weight is 370 g/mol. The molecule has 0 radical (unpaired) electrons. The van der Waals surface area contributed by atoms with Gasteiger partial charge in [-0.25, -0.2) is 0 Å². The van der Waals surface area contributed by atoms with Crippen LogP contribution >= 0.6 is 0 Å². The Bertz CT molecular complexity index is 819. The van der Waals surface area contributed by atoms with Crippen molar-refractivity contribution >= 4 is 23.4 Å². The monoisotopic (exact) mass is 370 g/mol. The molecule has 0 unspecified atom stereocenters. The molecule has 0 saturated carbocycles. The Kier molecular flexibility index (Phi) is 5.87. The number of hydrogen-bond acceptors (Lipinski definition) is 5. The lowest BCUT2D eigenvalue weighted by Gasteiger charge is -2.28. The number of hydrogen-bond donors (Lipinski definition) is 2. The van der Waals surface area contributed by atoms with Crippen molar-refractivity contribution in [2.45, 2.75) is 6.54 Å². The van der Waals surface area contributed by atoms with E-state index in [9.17, 15) is 14.4 Å². The van der Waals surface area contributed by atoms with Gasteiger partial charge in [0.1, 0.15) is 5.76 Å². The van der Waals surface area contributed by atoms with Crippen molar-refractivity contribution in [2.75, 3.05) is 38.1 Å². The third kappa shape index (κ3) is 4.73. The lowest BCUT2D eigenvalue weighted by molar-refractivity contribution is -0.126. The quantitative estimate of drug-likeness (QED) is 0.777. The number of amides is 3. The van der Waals surface area contributed by atoms with Crippen LogP contribution in [-0.2, 0) is 16.1 Å². The summed E-state index contributed by atoms with van der Waals surface area (Å²) in [6.07, 6.45) is 1.54. The Morgan fingerprint density at radius 2 is 2.07 bits per heavy atom. The first-order chi connectivity index (χ1) is 13.0. The summed E-state index contributed by atoms with van der Waals surface area (Å²) in [7, 11) is 1.63. The Morgan fingerprint density at radius 1 is 1.26 bits per heavy atom. The molecule has 8 nitrogen and oxygen atoms in total. The predicted molar refractivity (Wildman–Crippen MR) is 99.2 cm³/mol. The van der Waals surface area contributed by atoms with Gasteiger partial charge in [-0.05, 0) is 24.3 Å². The molecule has 2 aromatic rings. The van der Waals surface area contributed by atoms with E-state index in [1.54, 1.807) is 54.6 Å². The van der Waals surface area contributed by atoms with E-state index in [1.165, 1.54) is 4.90 Å². The summed E-state index contributed by atoms with van der Waals surface area (Å²) in [4.78, 5) is 39.9. The minimum absolute atomic E-state index is 0.0885. The number of nitrogens with one attached hydrogen (secondary N) is 2. The topological polar surface area (TPSA) is 94.9 Å². The molecule has 3 amide bonds. The van der Waals surface area contributed by atoms with Crippen LogP contribution in [0.5, 0.6) is 0 Å². The van der Waals surface area contributed by atoms with E-state index >= 15 is 0 Å². The average Bonchev–Trinajstić information content (AvgIpc) is 3.19. The zero-order valence-corrected chi connectivity index (χ0v) is 15.1. The minimum atomic E-state index is -0.293. The van der Waals surface area contributed by atoms with Crippen LogP contribution < -0.4 is 15.5 Å². The molecule has 1 aromatic carbocycles. The van der Waals surface area contributed by atoms with Crippen molar-refractivity contribution < 1.29 is 18.8 Å². The molecule has 8 heteroatoms. The van der Waals surface area contributed by atoms with Crippen molar-refractivity contribution in [1.29, 1.82) is 0 Å². The number of nitrogens with zero attached hydrogens (tertiary/aromatic N) is 2. The highest BCUT2D eigenvalue weighted by Gasteiger charge is 2.23. The second-order valence-electron chi connectivity index (χ2n) is 6.29. The van der Waals surface area contributed by atoms with Crippen molar-refractivity contribution in [1.82, 2.24) is 15.5 Å². The van der Waals surface area contributed by atoms with Gasteiger partial charge in [0.15, 0.2) is 0 Å². The minimum Gasteiger partial charge on any atom is -0.467 e. The normalized spacial score (nSPS) is 14.5. The Balaban J connectivity index is 1.67. The number of piperazine rings is 1. The van der Waals surface area contributed by atoms with Crippen molar-refractivity contribution in [3.05, 3.63) is 54.0 Å². The largest absolute Gasteiger partial charge is 0.467 e. The van der Waals surface area contributed by atoms with Crippen LogP contribution in [0.15, 0.2) is 47.1 Å². The molecular weight excluding hydrogens is 348 g/mol. The van der Waals surface area contributed by atoms with Gasteiger partial charge in [0.25, 0.3) is 5.91 Å². The molecule has 1 aromatic heterocycles. The summed E-state index contributed by atoms with van der Waals surface area (Å²) in [6.45, 7) is 1.73. The maximum Gasteiger partial charge on any atom is 0.253 e. The van der Waals surface area contributed by atoms with Gasteiger partial charge in [0, 0.05) is 20.1 Å². The number of likely N-dealkylation sites (N-methyl/N-ethyl adjacent to an activating group) is 1. The van der Waals surface area contributed by atoms with Crippen LogP contribution in [0.1, 0.15) is 16.1 Å². The standard InChI is InChI=1S/C19H22N4O4/c1-22(18(25)13-23-9-8-20-17(24)12-23)16-7-3-2-6-15(16)19(26)21-11-14-5-4-10-27-14/h2-7,10H,8-9,11-13H2,1H3,(H,20,24)(H,21,26). The molecule has 0 spiro atoms. The Morgan fingerprint density at radius 3 is 2.81 bits per heavy atom. The van der Waals surface area contributed by atoms with Gasteiger partial charge in [-0.15, -0.1) is 0 Å². The Labute approximate surface area is 157 Å². The molecule has 142 valence electrons. The second-order valence-corrected chi connectivity index (χ2v) is 6.29. The van der Waals surface area contributed by atoms with Crippen LogP contribution in [0, 0.1) is 0 Å². The number of benzene rings is 1. The first kappa shape index (κ1) is 18.7. The molecule has 1 aliphatic heterocycles. The molecule has 1 saturated heterocycles. The molecule has 2 N–H and O–H groups in total.